The quantitative estimate of drug-likeness (QED) is 0.847. The Balaban J connectivity index is 1.50. The molecule has 0 aliphatic carbocycles. The number of benzene rings is 1. The van der Waals surface area contributed by atoms with Gasteiger partial charge in [0.05, 0.1) is 27.8 Å². The van der Waals surface area contributed by atoms with E-state index in [1.807, 2.05) is 19.1 Å². The molecule has 1 aromatic heterocycles. The van der Waals surface area contributed by atoms with Crippen LogP contribution < -0.4 is 15.5 Å². The zero-order valence-electron chi connectivity index (χ0n) is 13.1. The molecule has 0 radical (unpaired) electrons. The van der Waals surface area contributed by atoms with Crippen LogP contribution >= 0.6 is 34.7 Å². The Kier molecular flexibility index (Phi) is 5.43. The van der Waals surface area contributed by atoms with Crippen LogP contribution in [0.1, 0.15) is 17.0 Å². The van der Waals surface area contributed by atoms with Crippen LogP contribution in [0.3, 0.4) is 0 Å². The second-order valence-corrected chi connectivity index (χ2v) is 7.32. The molecule has 24 heavy (non-hydrogen) atoms. The van der Waals surface area contributed by atoms with E-state index in [0.29, 0.717) is 16.6 Å². The second kappa shape index (κ2) is 7.55. The minimum absolute atomic E-state index is 0.0810. The molecular weight excluding hydrogens is 369 g/mol. The molecule has 128 valence electrons. The molecule has 9 heteroatoms. The number of aryl methyl sites for hydroxylation is 1. The summed E-state index contributed by atoms with van der Waals surface area (Å²) in [6.45, 7) is 3.87. The molecule has 0 saturated carbocycles. The Bertz CT molecular complexity index is 738. The lowest BCUT2D eigenvalue weighted by molar-refractivity contribution is 0.237. The Morgan fingerprint density at radius 1 is 1.46 bits per heavy atom. The Morgan fingerprint density at radius 3 is 3.00 bits per heavy atom. The van der Waals surface area contributed by atoms with Crippen molar-refractivity contribution in [3.63, 3.8) is 0 Å². The largest absolute Gasteiger partial charge is 0.368 e. The summed E-state index contributed by atoms with van der Waals surface area (Å²) in [5.41, 5.74) is 1.79. The fourth-order valence-electron chi connectivity index (χ4n) is 2.64. The highest BCUT2D eigenvalue weighted by molar-refractivity contribution is 7.05. The molecule has 2 heterocycles. The fraction of sp³-hybridized carbons (Fsp3) is 0.400. The van der Waals surface area contributed by atoms with Crippen molar-refractivity contribution in [2.24, 2.45) is 0 Å². The number of rotatable bonds is 4. The topological polar surface area (TPSA) is 70.1 Å². The average Bonchev–Trinajstić information content (AvgIpc) is 3.14. The number of urea groups is 1. The summed E-state index contributed by atoms with van der Waals surface area (Å²) in [6, 6.07) is 5.36. The molecule has 1 atom stereocenters. The number of carbonyl (C=O) groups is 1. The van der Waals surface area contributed by atoms with Gasteiger partial charge in [-0.1, -0.05) is 27.7 Å². The summed E-state index contributed by atoms with van der Waals surface area (Å²) in [4.78, 5) is 15.2. The highest BCUT2D eigenvalue weighted by Gasteiger charge is 2.25. The highest BCUT2D eigenvalue weighted by atomic mass is 35.5. The van der Waals surface area contributed by atoms with Crippen LogP contribution in [0.5, 0.6) is 0 Å². The van der Waals surface area contributed by atoms with Gasteiger partial charge >= 0.3 is 6.03 Å². The van der Waals surface area contributed by atoms with Gasteiger partial charge in [0, 0.05) is 24.2 Å². The molecule has 1 fully saturated rings. The summed E-state index contributed by atoms with van der Waals surface area (Å²) >= 11 is 13.5. The number of hydrogen-bond acceptors (Lipinski definition) is 5. The maximum atomic E-state index is 12.0. The van der Waals surface area contributed by atoms with E-state index in [1.54, 1.807) is 6.07 Å². The third-order valence-corrected chi connectivity index (χ3v) is 5.29. The minimum atomic E-state index is -0.183. The fourth-order valence-corrected chi connectivity index (χ4v) is 3.74. The van der Waals surface area contributed by atoms with Crippen molar-refractivity contribution in [3.8, 4) is 0 Å². The van der Waals surface area contributed by atoms with Crippen LogP contribution in [0.25, 0.3) is 0 Å². The van der Waals surface area contributed by atoms with E-state index in [4.69, 9.17) is 23.2 Å². The number of anilines is 1. The Morgan fingerprint density at radius 2 is 2.29 bits per heavy atom. The van der Waals surface area contributed by atoms with Crippen molar-refractivity contribution in [2.75, 3.05) is 18.0 Å². The molecule has 1 aliphatic rings. The number of carbonyl (C=O) groups excluding carboxylic acids is 1. The van der Waals surface area contributed by atoms with Crippen molar-refractivity contribution in [2.45, 2.75) is 25.9 Å². The molecule has 1 unspecified atom stereocenters. The second-order valence-electron chi connectivity index (χ2n) is 5.64. The summed E-state index contributed by atoms with van der Waals surface area (Å²) in [5, 5.41) is 11.0. The molecule has 3 rings (SSSR count). The lowest BCUT2D eigenvalue weighted by atomic mass is 10.3. The van der Waals surface area contributed by atoms with Gasteiger partial charge < -0.3 is 15.5 Å². The summed E-state index contributed by atoms with van der Waals surface area (Å²) in [5.74, 6) is 0. The van der Waals surface area contributed by atoms with E-state index < -0.39 is 0 Å². The molecule has 6 nitrogen and oxygen atoms in total. The number of aromatic nitrogens is 2. The molecule has 2 aromatic rings. The third kappa shape index (κ3) is 4.09. The van der Waals surface area contributed by atoms with E-state index in [-0.39, 0.29) is 12.1 Å². The predicted octanol–water partition coefficient (Wildman–Crippen LogP) is 3.23. The van der Waals surface area contributed by atoms with Crippen LogP contribution in [0, 0.1) is 6.92 Å². The van der Waals surface area contributed by atoms with Crippen LogP contribution in [0.2, 0.25) is 10.0 Å². The minimum Gasteiger partial charge on any atom is -0.368 e. The maximum absolute atomic E-state index is 12.0. The molecule has 0 spiro atoms. The van der Waals surface area contributed by atoms with E-state index >= 15 is 0 Å². The number of nitrogens with one attached hydrogen (secondary N) is 2. The monoisotopic (exact) mass is 385 g/mol. The lowest BCUT2D eigenvalue weighted by Crippen LogP contribution is -2.43. The zero-order chi connectivity index (χ0) is 17.1. The molecule has 0 bridgehead atoms. The summed E-state index contributed by atoms with van der Waals surface area (Å²) in [7, 11) is 0. The van der Waals surface area contributed by atoms with E-state index in [2.05, 4.69) is 25.1 Å². The standard InChI is InChI=1S/C15H17Cl2N5OS/c1-9-14(24-21-20-9)7-18-15(23)19-11-4-5-22(8-11)13-3-2-10(16)6-12(13)17/h2-3,6,11H,4-5,7-8H2,1H3,(H2,18,19,23). The van der Waals surface area contributed by atoms with Crippen LogP contribution in [0.15, 0.2) is 18.2 Å². The van der Waals surface area contributed by atoms with Gasteiger partial charge in [0.25, 0.3) is 0 Å². The average molecular weight is 386 g/mol. The molecule has 1 saturated heterocycles. The first-order valence-corrected chi connectivity index (χ1v) is 9.08. The van der Waals surface area contributed by atoms with Gasteiger partial charge in [-0.2, -0.15) is 0 Å². The first-order chi connectivity index (χ1) is 11.5. The van der Waals surface area contributed by atoms with Gasteiger partial charge in [0.2, 0.25) is 0 Å². The first-order valence-electron chi connectivity index (χ1n) is 7.55. The maximum Gasteiger partial charge on any atom is 0.315 e. The Hall–Kier alpha value is -1.57. The molecule has 2 N–H and O–H groups in total. The van der Waals surface area contributed by atoms with E-state index in [0.717, 1.165) is 35.8 Å². The lowest BCUT2D eigenvalue weighted by Gasteiger charge is -2.20. The number of nitrogens with zero attached hydrogens (tertiary/aromatic N) is 3. The van der Waals surface area contributed by atoms with Crippen LogP contribution in [-0.2, 0) is 6.54 Å². The number of hydrogen-bond donors (Lipinski definition) is 2. The van der Waals surface area contributed by atoms with Crippen LogP contribution in [0.4, 0.5) is 10.5 Å². The van der Waals surface area contributed by atoms with Gasteiger partial charge in [-0.25, -0.2) is 4.79 Å². The normalized spacial score (nSPS) is 17.1. The van der Waals surface area contributed by atoms with E-state index in [9.17, 15) is 4.79 Å². The summed E-state index contributed by atoms with van der Waals surface area (Å²) in [6.07, 6.45) is 0.869. The Labute approximate surface area is 154 Å². The first kappa shape index (κ1) is 17.3. The van der Waals surface area contributed by atoms with Crippen molar-refractivity contribution in [1.82, 2.24) is 20.2 Å². The van der Waals surface area contributed by atoms with E-state index in [1.165, 1.54) is 11.5 Å². The van der Waals surface area contributed by atoms with Gasteiger partial charge in [0.15, 0.2) is 0 Å². The highest BCUT2D eigenvalue weighted by Crippen LogP contribution is 2.31. The zero-order valence-corrected chi connectivity index (χ0v) is 15.4. The van der Waals surface area contributed by atoms with Crippen molar-refractivity contribution in [1.29, 1.82) is 0 Å². The molecule has 1 aliphatic heterocycles. The van der Waals surface area contributed by atoms with Crippen LogP contribution in [-0.4, -0.2) is 34.7 Å². The molecule has 2 amide bonds. The SMILES string of the molecule is Cc1nnsc1CNC(=O)NC1CCN(c2ccc(Cl)cc2Cl)C1. The van der Waals surface area contributed by atoms with Gasteiger partial charge in [0.1, 0.15) is 0 Å². The van der Waals surface area contributed by atoms with Gasteiger partial charge in [-0.05, 0) is 43.1 Å². The molecular formula is C15H17Cl2N5OS. The van der Waals surface area contributed by atoms with Gasteiger partial charge in [-0.3, -0.25) is 0 Å². The smallest absolute Gasteiger partial charge is 0.315 e. The van der Waals surface area contributed by atoms with Crippen molar-refractivity contribution < 1.29 is 4.79 Å². The van der Waals surface area contributed by atoms with Crippen molar-refractivity contribution >= 4 is 46.5 Å². The molecule has 1 aromatic carbocycles. The summed E-state index contributed by atoms with van der Waals surface area (Å²) < 4.78 is 3.85. The third-order valence-electron chi connectivity index (χ3n) is 3.93. The predicted molar refractivity (Wildman–Crippen MR) is 97.1 cm³/mol. The number of amides is 2. The van der Waals surface area contributed by atoms with Gasteiger partial charge in [-0.15, -0.1) is 5.10 Å². The number of halogens is 2. The van der Waals surface area contributed by atoms with Crippen molar-refractivity contribution in [3.05, 3.63) is 38.8 Å².